The van der Waals surface area contributed by atoms with E-state index in [4.69, 9.17) is 18.9 Å². The van der Waals surface area contributed by atoms with Crippen LogP contribution in [0, 0.1) is 0 Å². The molecule has 324 valence electrons. The molecule has 2 aliphatic carbocycles. The fraction of sp³-hybridized carbons (Fsp3) is 0.286. The summed E-state index contributed by atoms with van der Waals surface area (Å²) < 4.78 is 22.8. The molecule has 1 fully saturated rings. The SMILES string of the molecule is O=C(O)c1cc(O)c2c(c1)C([C@H]1c3cc(C(=O)O)cc(O)c3C(=O)c3c(OC4OC(CO)C(O)C(O)C4O)cccc31)c1cccc(OC3=C(O)C(O)C(O)C(CO)O3)c1C2=O. The maximum Gasteiger partial charge on any atom is 0.335 e. The van der Waals surface area contributed by atoms with Crippen molar-refractivity contribution in [2.75, 3.05) is 13.2 Å². The van der Waals surface area contributed by atoms with Gasteiger partial charge in [-0.05, 0) is 58.7 Å². The van der Waals surface area contributed by atoms with Crippen LogP contribution in [0.4, 0.5) is 0 Å². The monoisotopic (exact) mass is 860 g/mol. The van der Waals surface area contributed by atoms with Crippen LogP contribution in [-0.2, 0) is 9.47 Å². The number of phenolic OH excluding ortho intramolecular Hbond substituents is 2. The summed E-state index contributed by atoms with van der Waals surface area (Å²) in [6.45, 7) is -1.68. The number of hydrogen-bond acceptors (Lipinski definition) is 18. The van der Waals surface area contributed by atoms with E-state index >= 15 is 0 Å². The van der Waals surface area contributed by atoms with Crippen molar-refractivity contribution in [2.24, 2.45) is 0 Å². The Bertz CT molecular complexity index is 2580. The van der Waals surface area contributed by atoms with Crippen LogP contribution >= 0.6 is 0 Å². The third-order valence-electron chi connectivity index (χ3n) is 11.4. The van der Waals surface area contributed by atoms with Crippen LogP contribution in [0.25, 0.3) is 0 Å². The highest BCUT2D eigenvalue weighted by molar-refractivity contribution is 6.18. The van der Waals surface area contributed by atoms with E-state index < -0.39 is 149 Å². The third-order valence-corrected chi connectivity index (χ3v) is 11.4. The van der Waals surface area contributed by atoms with Crippen LogP contribution in [0.5, 0.6) is 23.0 Å². The molecular formula is C42H36O20. The average molecular weight is 861 g/mol. The molecular weight excluding hydrogens is 824 g/mol. The maximum absolute atomic E-state index is 14.7. The first-order valence-electron chi connectivity index (χ1n) is 18.8. The fourth-order valence-corrected chi connectivity index (χ4v) is 8.48. The normalized spacial score (nSPS) is 27.6. The van der Waals surface area contributed by atoms with E-state index in [1.165, 1.54) is 36.4 Å². The predicted octanol–water partition coefficient (Wildman–Crippen LogP) is -0.0555. The van der Waals surface area contributed by atoms with Crippen LogP contribution < -0.4 is 9.47 Å². The van der Waals surface area contributed by atoms with Gasteiger partial charge in [-0.3, -0.25) is 9.59 Å². The zero-order valence-electron chi connectivity index (χ0n) is 31.6. The van der Waals surface area contributed by atoms with E-state index in [0.29, 0.717) is 0 Å². The first kappa shape index (κ1) is 42.1. The van der Waals surface area contributed by atoms with Crippen LogP contribution in [-0.4, -0.2) is 147 Å². The molecule has 1 saturated heterocycles. The van der Waals surface area contributed by atoms with E-state index in [0.717, 1.165) is 24.3 Å². The van der Waals surface area contributed by atoms with Gasteiger partial charge in [0.15, 0.2) is 6.10 Å². The molecule has 0 bridgehead atoms. The first-order chi connectivity index (χ1) is 29.5. The van der Waals surface area contributed by atoms with Crippen molar-refractivity contribution in [2.45, 2.75) is 60.9 Å². The number of carbonyl (C=O) groups is 4. The molecule has 0 aromatic heterocycles. The quantitative estimate of drug-likeness (QED) is 0.105. The minimum Gasteiger partial charge on any atom is -0.507 e. The highest BCUT2D eigenvalue weighted by Crippen LogP contribution is 2.56. The molecule has 20 nitrogen and oxygen atoms in total. The van der Waals surface area contributed by atoms with Gasteiger partial charge in [0.2, 0.25) is 23.6 Å². The number of aromatic hydroxyl groups is 2. The Balaban J connectivity index is 1.39. The van der Waals surface area contributed by atoms with Crippen molar-refractivity contribution in [3.8, 4) is 23.0 Å². The van der Waals surface area contributed by atoms with E-state index in [1.54, 1.807) is 0 Å². The van der Waals surface area contributed by atoms with Crippen molar-refractivity contribution in [1.29, 1.82) is 0 Å². The summed E-state index contributed by atoms with van der Waals surface area (Å²) in [5.74, 6) is -12.1. The van der Waals surface area contributed by atoms with Crippen LogP contribution in [0.2, 0.25) is 0 Å². The van der Waals surface area contributed by atoms with Crippen molar-refractivity contribution in [3.05, 3.63) is 128 Å². The van der Waals surface area contributed by atoms with Gasteiger partial charge in [-0.15, -0.1) is 0 Å². The molecule has 0 spiro atoms. The summed E-state index contributed by atoms with van der Waals surface area (Å²) in [7, 11) is 0. The van der Waals surface area contributed by atoms with Gasteiger partial charge in [0.1, 0.15) is 59.6 Å². The molecule has 4 aromatic rings. The Hall–Kier alpha value is -6.62. The standard InChI is InChI=1S/C42H36O20/c43-11-23-31(47)35(51)37(53)41(61-23)59-21-5-1-3-15-25(17-7-13(39(55)56)9-19(45)27(17)33(49)29(15)21)26-16-4-2-6-22(60-42-38(54)36(52)32(48)24(12-44)62-42)30(16)34(50)28-18(26)8-14(40(57)58)10-20(28)46/h1-10,23-26,31-32,35-37,41,43-48,51-54H,11-12H2,(H,55,56)(H,57,58)/t23?,24?,25-,26?,31?,32?,35?,36?,37?,41?/m1/s1. The molecule has 2 heterocycles. The molecule has 4 aromatic carbocycles. The molecule has 2 aliphatic heterocycles. The van der Waals surface area contributed by atoms with Crippen LogP contribution in [0.1, 0.15) is 86.6 Å². The number of fused-ring (bicyclic) bond motifs is 4. The zero-order valence-corrected chi connectivity index (χ0v) is 31.6. The van der Waals surface area contributed by atoms with E-state index in [9.17, 15) is 80.5 Å². The summed E-state index contributed by atoms with van der Waals surface area (Å²) in [6.07, 6.45) is -14.2. The van der Waals surface area contributed by atoms with Crippen molar-refractivity contribution < 1.29 is 99.4 Å². The molecule has 9 unspecified atom stereocenters. The maximum atomic E-state index is 14.7. The van der Waals surface area contributed by atoms with E-state index in [-0.39, 0.29) is 39.1 Å². The summed E-state index contributed by atoms with van der Waals surface area (Å²) in [5, 5.41) is 126. The van der Waals surface area contributed by atoms with Crippen LogP contribution in [0.3, 0.4) is 0 Å². The van der Waals surface area contributed by atoms with Crippen molar-refractivity contribution in [1.82, 2.24) is 0 Å². The second kappa shape index (κ2) is 15.7. The number of hydrogen-bond donors (Lipinski definition) is 12. The minimum atomic E-state index is -2.01. The summed E-state index contributed by atoms with van der Waals surface area (Å²) in [6, 6.07) is 11.8. The lowest BCUT2D eigenvalue weighted by Crippen LogP contribution is -2.60. The lowest BCUT2D eigenvalue weighted by Gasteiger charge is -2.41. The van der Waals surface area contributed by atoms with E-state index in [2.05, 4.69) is 0 Å². The van der Waals surface area contributed by atoms with Crippen molar-refractivity contribution in [3.63, 3.8) is 0 Å². The van der Waals surface area contributed by atoms with Gasteiger partial charge in [-0.1, -0.05) is 24.3 Å². The van der Waals surface area contributed by atoms with Crippen LogP contribution in [0.15, 0.2) is 72.4 Å². The number of phenols is 2. The number of aliphatic hydroxyl groups is 8. The Kier molecular flexibility index (Phi) is 10.6. The predicted molar refractivity (Wildman–Crippen MR) is 202 cm³/mol. The summed E-state index contributed by atoms with van der Waals surface area (Å²) in [4.78, 5) is 54.2. The molecule has 20 heteroatoms. The minimum absolute atomic E-state index is 0.00631. The number of ether oxygens (including phenoxy) is 4. The average Bonchev–Trinajstić information content (AvgIpc) is 3.24. The third kappa shape index (κ3) is 6.56. The van der Waals surface area contributed by atoms with Gasteiger partial charge < -0.3 is 80.2 Å². The lowest BCUT2D eigenvalue weighted by molar-refractivity contribution is -0.277. The topological polar surface area (TPSA) is 348 Å². The number of rotatable bonds is 9. The zero-order chi connectivity index (χ0) is 44.6. The number of aromatic carboxylic acids is 2. The van der Waals surface area contributed by atoms with Gasteiger partial charge in [-0.2, -0.15) is 0 Å². The molecule has 0 amide bonds. The molecule has 8 rings (SSSR count). The Morgan fingerprint density at radius 2 is 1.10 bits per heavy atom. The highest BCUT2D eigenvalue weighted by atomic mass is 16.7. The van der Waals surface area contributed by atoms with Gasteiger partial charge >= 0.3 is 17.9 Å². The number of aliphatic hydroxyl groups excluding tert-OH is 8. The second-order valence-electron chi connectivity index (χ2n) is 14.9. The number of carboxylic acids is 2. The number of carboxylic acid groups (broad SMARTS) is 2. The molecule has 10 atom stereocenters. The smallest absolute Gasteiger partial charge is 0.335 e. The summed E-state index contributed by atoms with van der Waals surface area (Å²) in [5.41, 5.74) is -3.01. The number of benzene rings is 4. The Morgan fingerprint density at radius 3 is 1.60 bits per heavy atom. The molecule has 0 saturated carbocycles. The molecule has 0 radical (unpaired) electrons. The fourth-order valence-electron chi connectivity index (χ4n) is 8.48. The second-order valence-corrected chi connectivity index (χ2v) is 14.9. The molecule has 62 heavy (non-hydrogen) atoms. The van der Waals surface area contributed by atoms with E-state index in [1.807, 2.05) is 0 Å². The van der Waals surface area contributed by atoms with Crippen molar-refractivity contribution >= 4 is 23.5 Å². The Morgan fingerprint density at radius 1 is 0.597 bits per heavy atom. The first-order valence-corrected chi connectivity index (χ1v) is 18.8. The number of carbonyl (C=O) groups excluding carboxylic acids is 2. The highest BCUT2D eigenvalue weighted by Gasteiger charge is 2.49. The van der Waals surface area contributed by atoms with Gasteiger partial charge in [0.25, 0.3) is 0 Å². The largest absolute Gasteiger partial charge is 0.507 e. The molecule has 4 aliphatic rings. The Labute approximate surface area is 347 Å². The number of ketones is 2. The summed E-state index contributed by atoms with van der Waals surface area (Å²) >= 11 is 0. The van der Waals surface area contributed by atoms with Gasteiger partial charge in [0.05, 0.1) is 46.6 Å². The van der Waals surface area contributed by atoms with Gasteiger partial charge in [0, 0.05) is 11.8 Å². The lowest BCUT2D eigenvalue weighted by atomic mass is 9.63. The molecule has 12 N–H and O–H groups in total. The van der Waals surface area contributed by atoms with Gasteiger partial charge in [-0.25, -0.2) is 9.59 Å².